The SMILES string of the molecule is CC(C)(C)CC(C#N)C(C)(C)C(C)(C)CC(C)(C(=O)OCCNS(=O)(=O)C(F)(F)F)C(C)(C)C(C)(C)CC(S(=O)O)C(C)(C)C. The summed E-state index contributed by atoms with van der Waals surface area (Å²) in [4.78, 5) is 14.2. The van der Waals surface area contributed by atoms with Crippen LogP contribution in [0.5, 0.6) is 0 Å². The maximum absolute atomic E-state index is 14.2. The van der Waals surface area contributed by atoms with Crippen LogP contribution in [0.15, 0.2) is 0 Å². The Morgan fingerprint density at radius 1 is 0.889 bits per heavy atom. The van der Waals surface area contributed by atoms with Crippen LogP contribution in [0.4, 0.5) is 13.2 Å². The number of alkyl halides is 3. The maximum Gasteiger partial charge on any atom is 0.511 e. The summed E-state index contributed by atoms with van der Waals surface area (Å²) in [6, 6.07) is 2.48. The summed E-state index contributed by atoms with van der Waals surface area (Å²) in [5.74, 6) is -1.12. The molecule has 45 heavy (non-hydrogen) atoms. The monoisotopic (exact) mass is 688 g/mol. The summed E-state index contributed by atoms with van der Waals surface area (Å²) in [6.07, 6.45) is 1.06. The van der Waals surface area contributed by atoms with Crippen LogP contribution in [0.25, 0.3) is 0 Å². The second-order valence-electron chi connectivity index (χ2n) is 17.4. The van der Waals surface area contributed by atoms with E-state index in [0.29, 0.717) is 6.42 Å². The van der Waals surface area contributed by atoms with Gasteiger partial charge in [0.25, 0.3) is 0 Å². The van der Waals surface area contributed by atoms with Gasteiger partial charge in [-0.05, 0) is 58.7 Å². The number of ether oxygens (including phenoxy) is 1. The number of carbonyl (C=O) groups is 1. The first kappa shape index (κ1) is 43.8. The molecule has 8 nitrogen and oxygen atoms in total. The van der Waals surface area contributed by atoms with Crippen molar-refractivity contribution in [2.24, 2.45) is 43.8 Å². The van der Waals surface area contributed by atoms with Crippen molar-refractivity contribution in [1.82, 2.24) is 4.72 Å². The lowest BCUT2D eigenvalue weighted by Crippen LogP contribution is -2.56. The molecular formula is C32H59F3N2O6S2. The summed E-state index contributed by atoms with van der Waals surface area (Å²) in [5.41, 5.74) is -10.6. The number of carbonyl (C=O) groups excluding carboxylic acids is 1. The number of sulfonamides is 1. The third kappa shape index (κ3) is 10.4. The molecule has 266 valence electrons. The topological polar surface area (TPSA) is 134 Å². The number of nitrogens with zero attached hydrogens (tertiary/aromatic N) is 1. The highest BCUT2D eigenvalue weighted by Gasteiger charge is 2.60. The standard InChI is InChI=1S/C32H59F3N2O6S2/c1-25(2,3)18-22(20-36)29(11,12)28(9,10)21-31(15,24(38)43-17-16-37-45(41,42)32(33,34)35)30(13,14)27(7,8)19-23(44(39)40)26(4,5)6/h22-23,37H,16-19,21H2,1-15H3,(H,39,40). The van der Waals surface area contributed by atoms with Gasteiger partial charge >= 0.3 is 21.5 Å². The third-order valence-electron chi connectivity index (χ3n) is 10.7. The molecule has 0 saturated carbocycles. The van der Waals surface area contributed by atoms with E-state index in [-0.39, 0.29) is 24.2 Å². The van der Waals surface area contributed by atoms with Crippen molar-refractivity contribution in [3.05, 3.63) is 0 Å². The van der Waals surface area contributed by atoms with Gasteiger partial charge in [0.2, 0.25) is 0 Å². The highest BCUT2D eigenvalue weighted by molar-refractivity contribution is 7.90. The molecule has 4 unspecified atom stereocenters. The number of esters is 1. The molecule has 13 heteroatoms. The van der Waals surface area contributed by atoms with Crippen molar-refractivity contribution in [1.29, 1.82) is 5.26 Å². The minimum atomic E-state index is -5.62. The number of hydrogen-bond donors (Lipinski definition) is 2. The zero-order valence-corrected chi connectivity index (χ0v) is 31.7. The van der Waals surface area contributed by atoms with Gasteiger partial charge in [0.05, 0.1) is 22.7 Å². The molecular weight excluding hydrogens is 629 g/mol. The molecule has 0 saturated heterocycles. The van der Waals surface area contributed by atoms with Gasteiger partial charge < -0.3 is 9.29 Å². The highest BCUT2D eigenvalue weighted by atomic mass is 32.2. The van der Waals surface area contributed by atoms with E-state index in [2.05, 4.69) is 26.8 Å². The smallest absolute Gasteiger partial charge is 0.464 e. The highest BCUT2D eigenvalue weighted by Crippen LogP contribution is 2.62. The van der Waals surface area contributed by atoms with Gasteiger partial charge in [0.15, 0.2) is 11.1 Å². The molecule has 4 atom stereocenters. The van der Waals surface area contributed by atoms with Crippen molar-refractivity contribution in [2.75, 3.05) is 13.2 Å². The molecule has 0 amide bonds. The van der Waals surface area contributed by atoms with Crippen LogP contribution in [-0.2, 0) is 30.6 Å². The maximum atomic E-state index is 14.2. The Balaban J connectivity index is 6.94. The third-order valence-corrected chi connectivity index (χ3v) is 13.3. The minimum absolute atomic E-state index is 0.150. The predicted molar refractivity (Wildman–Crippen MR) is 174 cm³/mol. The molecule has 0 radical (unpaired) electrons. The molecule has 0 aromatic carbocycles. The van der Waals surface area contributed by atoms with Crippen LogP contribution in [0.1, 0.15) is 123 Å². The minimum Gasteiger partial charge on any atom is -0.464 e. The second kappa shape index (κ2) is 14.1. The summed E-state index contributed by atoms with van der Waals surface area (Å²) < 4.78 is 91.1. The first-order valence-electron chi connectivity index (χ1n) is 15.3. The zero-order valence-electron chi connectivity index (χ0n) is 30.1. The molecule has 0 aliphatic rings. The lowest BCUT2D eigenvalue weighted by atomic mass is 9.46. The van der Waals surface area contributed by atoms with E-state index in [4.69, 9.17) is 4.74 Å². The van der Waals surface area contributed by atoms with Crippen LogP contribution >= 0.6 is 0 Å². The van der Waals surface area contributed by atoms with E-state index < -0.39 is 83.5 Å². The van der Waals surface area contributed by atoms with E-state index >= 15 is 0 Å². The van der Waals surface area contributed by atoms with Crippen LogP contribution in [0, 0.1) is 55.2 Å². The number of hydrogen-bond acceptors (Lipinski definition) is 6. The Bertz CT molecular complexity index is 1210. The van der Waals surface area contributed by atoms with E-state index in [9.17, 15) is 40.4 Å². The van der Waals surface area contributed by atoms with E-state index in [0.717, 1.165) is 0 Å². The number of nitrogens with one attached hydrogen (secondary N) is 1. The predicted octanol–water partition coefficient (Wildman–Crippen LogP) is 8.07. The van der Waals surface area contributed by atoms with Gasteiger partial charge in [-0.2, -0.15) is 18.4 Å². The van der Waals surface area contributed by atoms with Crippen LogP contribution in [0.2, 0.25) is 0 Å². The first-order valence-corrected chi connectivity index (χ1v) is 17.9. The van der Waals surface area contributed by atoms with Crippen molar-refractivity contribution < 1.29 is 39.9 Å². The van der Waals surface area contributed by atoms with E-state index in [1.54, 1.807) is 6.92 Å². The molecule has 0 aromatic heterocycles. The zero-order chi connectivity index (χ0) is 36.5. The van der Waals surface area contributed by atoms with Crippen molar-refractivity contribution >= 4 is 27.1 Å². The average Bonchev–Trinajstić information content (AvgIpc) is 2.80. The van der Waals surface area contributed by atoms with Crippen LogP contribution in [-0.4, -0.2) is 47.1 Å². The molecule has 0 heterocycles. The van der Waals surface area contributed by atoms with Gasteiger partial charge in [-0.3, -0.25) is 4.79 Å². The number of nitriles is 1. The average molecular weight is 689 g/mol. The van der Waals surface area contributed by atoms with Gasteiger partial charge in [-0.15, -0.1) is 0 Å². The number of halogens is 3. The fourth-order valence-corrected chi connectivity index (χ4v) is 7.59. The summed E-state index contributed by atoms with van der Waals surface area (Å²) in [5, 5.41) is 9.60. The summed E-state index contributed by atoms with van der Waals surface area (Å²) >= 11 is -2.17. The fourth-order valence-electron chi connectivity index (χ4n) is 5.91. The fraction of sp³-hybridized carbons (Fsp3) is 0.938. The molecule has 0 bridgehead atoms. The Labute approximate surface area is 273 Å². The lowest BCUT2D eigenvalue weighted by molar-refractivity contribution is -0.178. The second-order valence-corrected chi connectivity index (χ2v) is 20.3. The Morgan fingerprint density at radius 2 is 1.36 bits per heavy atom. The van der Waals surface area contributed by atoms with E-state index in [1.807, 2.05) is 76.2 Å². The molecule has 2 N–H and O–H groups in total. The molecule has 0 fully saturated rings. The van der Waals surface area contributed by atoms with Gasteiger partial charge in [-0.1, -0.05) is 96.9 Å². The van der Waals surface area contributed by atoms with Crippen molar-refractivity contribution in [2.45, 2.75) is 134 Å². The number of rotatable bonds is 15. The van der Waals surface area contributed by atoms with Crippen molar-refractivity contribution in [3.63, 3.8) is 0 Å². The Hall–Kier alpha value is -1.23. The molecule has 0 rings (SSSR count). The normalized spacial score (nSPS) is 18.0. The van der Waals surface area contributed by atoms with Gasteiger partial charge in [0.1, 0.15) is 6.61 Å². The first-order chi connectivity index (χ1) is 19.5. The lowest BCUT2D eigenvalue weighted by Gasteiger charge is -2.57. The molecule has 0 spiro atoms. The van der Waals surface area contributed by atoms with Crippen LogP contribution in [0.3, 0.4) is 0 Å². The quantitative estimate of drug-likeness (QED) is 0.101. The Morgan fingerprint density at radius 3 is 1.71 bits per heavy atom. The molecule has 0 aliphatic heterocycles. The summed E-state index contributed by atoms with van der Waals surface area (Å²) in [6.45, 7) is 27.6. The molecule has 0 aliphatic carbocycles. The van der Waals surface area contributed by atoms with Gasteiger partial charge in [0, 0.05) is 6.54 Å². The van der Waals surface area contributed by atoms with Crippen molar-refractivity contribution in [3.8, 4) is 6.07 Å². The van der Waals surface area contributed by atoms with E-state index in [1.165, 1.54) is 4.72 Å². The largest absolute Gasteiger partial charge is 0.511 e. The van der Waals surface area contributed by atoms with Gasteiger partial charge in [-0.25, -0.2) is 17.3 Å². The van der Waals surface area contributed by atoms with Crippen LogP contribution < -0.4 is 4.72 Å². The Kier molecular flexibility index (Phi) is 13.7. The summed E-state index contributed by atoms with van der Waals surface area (Å²) in [7, 11) is -5.62. The molecule has 0 aromatic rings.